The molecule has 4 heteroatoms. The van der Waals surface area contributed by atoms with E-state index in [2.05, 4.69) is 12.2 Å². The predicted octanol–water partition coefficient (Wildman–Crippen LogP) is 5.62. The first kappa shape index (κ1) is 20.5. The number of aliphatic carboxylic acids is 1. The van der Waals surface area contributed by atoms with Crippen LogP contribution in [0.3, 0.4) is 0 Å². The van der Waals surface area contributed by atoms with E-state index in [1.807, 2.05) is 0 Å². The minimum Gasteiger partial charge on any atom is -0.481 e. The molecule has 21 heavy (non-hydrogen) atoms. The third kappa shape index (κ3) is 19.5. The van der Waals surface area contributed by atoms with Gasteiger partial charge in [-0.2, -0.15) is 11.8 Å². The minimum atomic E-state index is -0.701. The summed E-state index contributed by atoms with van der Waals surface area (Å²) in [4.78, 5) is 10.3. The first-order valence-electron chi connectivity index (χ1n) is 8.28. The van der Waals surface area contributed by atoms with E-state index in [9.17, 15) is 9.18 Å². The summed E-state index contributed by atoms with van der Waals surface area (Å²) in [6.45, 7) is -0.166. The molecule has 0 spiro atoms. The van der Waals surface area contributed by atoms with Crippen molar-refractivity contribution in [3.63, 3.8) is 0 Å². The summed E-state index contributed by atoms with van der Waals surface area (Å²) in [5, 5.41) is 8.49. The van der Waals surface area contributed by atoms with Gasteiger partial charge in [-0.25, -0.2) is 0 Å². The molecule has 0 bridgehead atoms. The highest BCUT2D eigenvalue weighted by atomic mass is 32.2. The first-order chi connectivity index (χ1) is 10.3. The maximum Gasteiger partial charge on any atom is 0.304 e. The quantitative estimate of drug-likeness (QED) is 0.296. The summed E-state index contributed by atoms with van der Waals surface area (Å²) >= 11 is 1.74. The summed E-state index contributed by atoms with van der Waals surface area (Å²) in [6.07, 6.45) is 16.2. The van der Waals surface area contributed by atoms with Crippen molar-refractivity contribution in [1.82, 2.24) is 0 Å². The summed E-state index contributed by atoms with van der Waals surface area (Å²) in [5.74, 6) is 1.10. The van der Waals surface area contributed by atoms with Crippen molar-refractivity contribution in [3.8, 4) is 0 Å². The third-order valence-electron chi connectivity index (χ3n) is 3.29. The second-order valence-corrected chi connectivity index (χ2v) is 6.55. The van der Waals surface area contributed by atoms with Gasteiger partial charge in [-0.15, -0.1) is 0 Å². The molecule has 0 unspecified atom stereocenters. The zero-order chi connectivity index (χ0) is 15.6. The number of carboxylic acid groups (broad SMARTS) is 1. The Kier molecular flexibility index (Phi) is 17.1. The molecule has 0 atom stereocenters. The van der Waals surface area contributed by atoms with Crippen LogP contribution >= 0.6 is 11.8 Å². The molecule has 0 aliphatic carbocycles. The molecule has 2 nitrogen and oxygen atoms in total. The van der Waals surface area contributed by atoms with E-state index in [4.69, 9.17) is 5.11 Å². The van der Waals surface area contributed by atoms with Crippen LogP contribution in [0.5, 0.6) is 0 Å². The van der Waals surface area contributed by atoms with Crippen LogP contribution in [0.25, 0.3) is 0 Å². The lowest BCUT2D eigenvalue weighted by molar-refractivity contribution is -0.136. The smallest absolute Gasteiger partial charge is 0.304 e. The van der Waals surface area contributed by atoms with E-state index >= 15 is 0 Å². The number of hydrogen-bond acceptors (Lipinski definition) is 2. The largest absolute Gasteiger partial charge is 0.481 e. The van der Waals surface area contributed by atoms with Gasteiger partial charge in [0.15, 0.2) is 0 Å². The highest BCUT2D eigenvalue weighted by molar-refractivity contribution is 7.99. The molecule has 0 radical (unpaired) electrons. The summed E-state index contributed by atoms with van der Waals surface area (Å²) in [7, 11) is 0. The average molecular weight is 318 g/mol. The minimum absolute atomic E-state index is 0.166. The fourth-order valence-corrected chi connectivity index (χ4v) is 2.96. The van der Waals surface area contributed by atoms with Gasteiger partial charge in [0, 0.05) is 5.75 Å². The van der Waals surface area contributed by atoms with Crippen LogP contribution in [-0.2, 0) is 4.79 Å². The van der Waals surface area contributed by atoms with Crippen LogP contribution in [0.15, 0.2) is 12.2 Å². The number of unbranched alkanes of at least 4 members (excludes halogenated alkanes) is 8. The Hall–Kier alpha value is -0.510. The van der Waals surface area contributed by atoms with Crippen molar-refractivity contribution in [2.75, 3.05) is 18.2 Å². The summed E-state index contributed by atoms with van der Waals surface area (Å²) < 4.78 is 11.9. The van der Waals surface area contributed by atoms with E-state index < -0.39 is 5.97 Å². The molecular weight excluding hydrogens is 287 g/mol. The van der Waals surface area contributed by atoms with Gasteiger partial charge in [0.25, 0.3) is 0 Å². The van der Waals surface area contributed by atoms with Crippen LogP contribution in [0.4, 0.5) is 4.39 Å². The van der Waals surface area contributed by atoms with Crippen LogP contribution < -0.4 is 0 Å². The van der Waals surface area contributed by atoms with Gasteiger partial charge >= 0.3 is 5.97 Å². The monoisotopic (exact) mass is 318 g/mol. The second kappa shape index (κ2) is 17.5. The molecule has 0 rings (SSSR count). The number of carboxylic acids is 1. The molecule has 124 valence electrons. The maximum absolute atomic E-state index is 11.9. The lowest BCUT2D eigenvalue weighted by Crippen LogP contribution is -1.96. The Morgan fingerprint density at radius 2 is 1.43 bits per heavy atom. The third-order valence-corrected chi connectivity index (χ3v) is 4.36. The summed E-state index contributed by atoms with van der Waals surface area (Å²) in [6, 6.07) is 0. The number of alkyl halides is 1. The van der Waals surface area contributed by atoms with Gasteiger partial charge in [-0.1, -0.05) is 37.8 Å². The van der Waals surface area contributed by atoms with E-state index in [1.54, 1.807) is 11.8 Å². The molecule has 0 aromatic rings. The van der Waals surface area contributed by atoms with E-state index in [0.717, 1.165) is 37.2 Å². The SMILES string of the molecule is O=C(O)CCSCCCC/C=C\CCCCCCCCF. The Morgan fingerprint density at radius 1 is 0.857 bits per heavy atom. The predicted molar refractivity (Wildman–Crippen MR) is 90.9 cm³/mol. The van der Waals surface area contributed by atoms with Crippen molar-refractivity contribution >= 4 is 17.7 Å². The zero-order valence-electron chi connectivity index (χ0n) is 13.2. The van der Waals surface area contributed by atoms with Crippen molar-refractivity contribution in [2.45, 2.75) is 70.6 Å². The van der Waals surface area contributed by atoms with Crippen molar-refractivity contribution in [1.29, 1.82) is 0 Å². The average Bonchev–Trinajstić information content (AvgIpc) is 2.46. The normalized spacial score (nSPS) is 11.3. The number of allylic oxidation sites excluding steroid dienone is 2. The number of thioether (sulfide) groups is 1. The van der Waals surface area contributed by atoms with Crippen LogP contribution in [0, 0.1) is 0 Å². The van der Waals surface area contributed by atoms with Gasteiger partial charge < -0.3 is 5.11 Å². The molecule has 0 aliphatic rings. The molecule has 0 fully saturated rings. The van der Waals surface area contributed by atoms with Crippen LogP contribution in [0.2, 0.25) is 0 Å². The fourth-order valence-electron chi connectivity index (χ4n) is 2.03. The van der Waals surface area contributed by atoms with Crippen molar-refractivity contribution in [2.24, 2.45) is 0 Å². The van der Waals surface area contributed by atoms with Gasteiger partial charge in [-0.05, 0) is 44.3 Å². The number of rotatable bonds is 16. The number of carbonyl (C=O) groups is 1. The van der Waals surface area contributed by atoms with E-state index in [-0.39, 0.29) is 13.1 Å². The fraction of sp³-hybridized carbons (Fsp3) is 0.824. The molecule has 0 amide bonds. The second-order valence-electron chi connectivity index (χ2n) is 5.32. The molecule has 0 saturated carbocycles. The summed E-state index contributed by atoms with van der Waals surface area (Å²) in [5.41, 5.74) is 0. The van der Waals surface area contributed by atoms with Crippen LogP contribution in [-0.4, -0.2) is 29.3 Å². The lowest BCUT2D eigenvalue weighted by Gasteiger charge is -1.99. The van der Waals surface area contributed by atoms with Gasteiger partial charge in [0.2, 0.25) is 0 Å². The van der Waals surface area contributed by atoms with Crippen LogP contribution in [0.1, 0.15) is 70.6 Å². The van der Waals surface area contributed by atoms with Crippen molar-refractivity contribution in [3.05, 3.63) is 12.2 Å². The molecule has 1 N–H and O–H groups in total. The number of halogens is 1. The van der Waals surface area contributed by atoms with E-state index in [1.165, 1.54) is 38.5 Å². The Balaban J connectivity index is 3.07. The Morgan fingerprint density at radius 3 is 2.05 bits per heavy atom. The molecule has 0 aromatic carbocycles. The lowest BCUT2D eigenvalue weighted by atomic mass is 10.1. The zero-order valence-corrected chi connectivity index (χ0v) is 14.0. The maximum atomic E-state index is 11.9. The Labute approximate surface area is 133 Å². The molecule has 0 aliphatic heterocycles. The van der Waals surface area contributed by atoms with Gasteiger partial charge in [0.1, 0.15) is 0 Å². The molecule has 0 heterocycles. The topological polar surface area (TPSA) is 37.3 Å². The molecule has 0 aromatic heterocycles. The highest BCUT2D eigenvalue weighted by Crippen LogP contribution is 2.10. The van der Waals surface area contributed by atoms with Gasteiger partial charge in [0.05, 0.1) is 13.1 Å². The highest BCUT2D eigenvalue weighted by Gasteiger charge is 1.96. The Bertz CT molecular complexity index is 257. The first-order valence-corrected chi connectivity index (χ1v) is 9.43. The molecular formula is C17H31FO2S. The van der Waals surface area contributed by atoms with Gasteiger partial charge in [-0.3, -0.25) is 9.18 Å². The standard InChI is InChI=1S/C17H31FO2S/c18-14-11-9-7-5-3-1-2-4-6-8-10-12-15-21-16-13-17(19)20/h4,6H,1-3,5,7-16H2,(H,19,20)/b6-4-. The van der Waals surface area contributed by atoms with Crippen molar-refractivity contribution < 1.29 is 14.3 Å². The van der Waals surface area contributed by atoms with E-state index in [0.29, 0.717) is 0 Å². The molecule has 0 saturated heterocycles. The number of hydrogen-bond donors (Lipinski definition) is 1.